The first-order chi connectivity index (χ1) is 13.0. The molecule has 2 N–H and O–H groups in total. The molecule has 0 bridgehead atoms. The van der Waals surface area contributed by atoms with Crippen LogP contribution in [0, 0.1) is 0 Å². The standard InChI is InChI=1S/C19H19F3N4O2/c1-18(2,28)9-8-13-11-26-10-12(6-7-16(26)23-13)24-17(27)14-4-3-5-15(25-14)19(20,21)22/h3-7,10-11,28H,8-9H2,1-2H3,(H,24,27). The van der Waals surface area contributed by atoms with E-state index in [1.54, 1.807) is 42.8 Å². The molecule has 0 fully saturated rings. The normalized spacial score (nSPS) is 12.4. The van der Waals surface area contributed by atoms with Crippen LogP contribution in [0.25, 0.3) is 5.65 Å². The van der Waals surface area contributed by atoms with Crippen LogP contribution in [-0.4, -0.2) is 31.0 Å². The molecule has 0 radical (unpaired) electrons. The molecule has 0 spiro atoms. The van der Waals surface area contributed by atoms with Gasteiger partial charge in [0.1, 0.15) is 17.0 Å². The third-order valence-corrected chi connectivity index (χ3v) is 4.02. The summed E-state index contributed by atoms with van der Waals surface area (Å²) in [4.78, 5) is 20.1. The number of fused-ring (bicyclic) bond motifs is 1. The minimum Gasteiger partial charge on any atom is -0.390 e. The van der Waals surface area contributed by atoms with Crippen molar-refractivity contribution in [3.63, 3.8) is 0 Å². The van der Waals surface area contributed by atoms with Gasteiger partial charge in [-0.05, 0) is 51.0 Å². The smallest absolute Gasteiger partial charge is 0.390 e. The van der Waals surface area contributed by atoms with E-state index >= 15 is 0 Å². The number of alkyl halides is 3. The van der Waals surface area contributed by atoms with E-state index in [2.05, 4.69) is 15.3 Å². The number of nitrogens with one attached hydrogen (secondary N) is 1. The van der Waals surface area contributed by atoms with Crippen LogP contribution in [0.3, 0.4) is 0 Å². The number of nitrogens with zero attached hydrogens (tertiary/aromatic N) is 3. The minimum absolute atomic E-state index is 0.327. The third kappa shape index (κ3) is 4.86. The molecule has 3 aromatic rings. The Morgan fingerprint density at radius 3 is 2.57 bits per heavy atom. The topological polar surface area (TPSA) is 79.5 Å². The van der Waals surface area contributed by atoms with Gasteiger partial charge in [-0.3, -0.25) is 4.79 Å². The summed E-state index contributed by atoms with van der Waals surface area (Å²) in [7, 11) is 0. The number of carbonyl (C=O) groups is 1. The summed E-state index contributed by atoms with van der Waals surface area (Å²) in [5.41, 5.74) is -0.422. The molecule has 0 saturated heterocycles. The van der Waals surface area contributed by atoms with Gasteiger partial charge in [-0.15, -0.1) is 0 Å². The summed E-state index contributed by atoms with van der Waals surface area (Å²) in [5, 5.41) is 12.4. The average Bonchev–Trinajstić information content (AvgIpc) is 3.01. The van der Waals surface area contributed by atoms with Gasteiger partial charge >= 0.3 is 6.18 Å². The summed E-state index contributed by atoms with van der Waals surface area (Å²) in [6.45, 7) is 3.44. The number of anilines is 1. The Kier molecular flexibility index (Phi) is 5.12. The Morgan fingerprint density at radius 2 is 1.89 bits per heavy atom. The highest BCUT2D eigenvalue weighted by molar-refractivity contribution is 6.02. The first-order valence-electron chi connectivity index (χ1n) is 8.57. The van der Waals surface area contributed by atoms with E-state index in [1.165, 1.54) is 6.07 Å². The van der Waals surface area contributed by atoms with Gasteiger partial charge in [0.05, 0.1) is 17.0 Å². The van der Waals surface area contributed by atoms with Gasteiger partial charge in [0.2, 0.25) is 0 Å². The molecule has 0 saturated carbocycles. The first-order valence-corrected chi connectivity index (χ1v) is 8.57. The van der Waals surface area contributed by atoms with Gasteiger partial charge in [-0.2, -0.15) is 13.2 Å². The largest absolute Gasteiger partial charge is 0.433 e. The number of hydrogen-bond donors (Lipinski definition) is 2. The summed E-state index contributed by atoms with van der Waals surface area (Å²) in [6, 6.07) is 6.45. The van der Waals surface area contributed by atoms with E-state index in [1.807, 2.05) is 0 Å². The third-order valence-electron chi connectivity index (χ3n) is 4.02. The second-order valence-corrected chi connectivity index (χ2v) is 7.09. The quantitative estimate of drug-likeness (QED) is 0.694. The zero-order valence-electron chi connectivity index (χ0n) is 15.3. The van der Waals surface area contributed by atoms with Crippen molar-refractivity contribution in [3.8, 4) is 0 Å². The van der Waals surface area contributed by atoms with Crippen LogP contribution in [0.4, 0.5) is 18.9 Å². The number of aliphatic hydroxyl groups is 1. The van der Waals surface area contributed by atoms with E-state index in [-0.39, 0.29) is 5.69 Å². The van der Waals surface area contributed by atoms with Gasteiger partial charge in [-0.25, -0.2) is 9.97 Å². The molecular weight excluding hydrogens is 373 g/mol. The van der Waals surface area contributed by atoms with Crippen molar-refractivity contribution in [3.05, 3.63) is 59.8 Å². The monoisotopic (exact) mass is 392 g/mol. The van der Waals surface area contributed by atoms with Gasteiger partial charge in [0.25, 0.3) is 5.91 Å². The number of halogens is 3. The van der Waals surface area contributed by atoms with Crippen LogP contribution in [0.5, 0.6) is 0 Å². The number of carbonyl (C=O) groups excluding carboxylic acids is 1. The molecule has 3 rings (SSSR count). The molecule has 9 heteroatoms. The molecule has 0 unspecified atom stereocenters. The van der Waals surface area contributed by atoms with Gasteiger partial charge in [0.15, 0.2) is 0 Å². The number of pyridine rings is 2. The first kappa shape index (κ1) is 19.8. The molecule has 28 heavy (non-hydrogen) atoms. The van der Waals surface area contributed by atoms with Crippen LogP contribution in [0.2, 0.25) is 0 Å². The van der Waals surface area contributed by atoms with Crippen molar-refractivity contribution < 1.29 is 23.1 Å². The van der Waals surface area contributed by atoms with Crippen LogP contribution in [0.15, 0.2) is 42.7 Å². The predicted molar refractivity (Wildman–Crippen MR) is 97.0 cm³/mol. The van der Waals surface area contributed by atoms with Crippen molar-refractivity contribution in [1.29, 1.82) is 0 Å². The highest BCUT2D eigenvalue weighted by atomic mass is 19.4. The molecule has 0 aliphatic heterocycles. The maximum Gasteiger partial charge on any atom is 0.433 e. The number of rotatable bonds is 5. The lowest BCUT2D eigenvalue weighted by Gasteiger charge is -2.15. The van der Waals surface area contributed by atoms with E-state index < -0.39 is 23.4 Å². The van der Waals surface area contributed by atoms with Crippen molar-refractivity contribution in [2.75, 3.05) is 5.32 Å². The highest BCUT2D eigenvalue weighted by Crippen LogP contribution is 2.27. The lowest BCUT2D eigenvalue weighted by molar-refractivity contribution is -0.141. The fourth-order valence-electron chi connectivity index (χ4n) is 2.59. The predicted octanol–water partition coefficient (Wildman–Crippen LogP) is 3.70. The second-order valence-electron chi connectivity index (χ2n) is 7.09. The number of aromatic nitrogens is 3. The number of hydrogen-bond acceptors (Lipinski definition) is 4. The second kappa shape index (κ2) is 7.23. The Bertz CT molecular complexity index is 1010. The van der Waals surface area contributed by atoms with Crippen LogP contribution in [0.1, 0.15) is 42.1 Å². The Balaban J connectivity index is 1.76. The minimum atomic E-state index is -4.62. The molecule has 3 aromatic heterocycles. The summed E-state index contributed by atoms with van der Waals surface area (Å²) >= 11 is 0. The fraction of sp³-hybridized carbons (Fsp3) is 0.316. The Hall–Kier alpha value is -2.94. The van der Waals surface area contributed by atoms with Gasteiger partial charge in [-0.1, -0.05) is 6.07 Å². The van der Waals surface area contributed by atoms with Crippen LogP contribution >= 0.6 is 0 Å². The van der Waals surface area contributed by atoms with Gasteiger partial charge in [0, 0.05) is 12.4 Å². The SMILES string of the molecule is CC(C)(O)CCc1cn2cc(NC(=O)c3cccc(C(F)(F)F)n3)ccc2n1. The zero-order chi connectivity index (χ0) is 20.5. The van der Waals surface area contributed by atoms with Crippen LogP contribution in [-0.2, 0) is 12.6 Å². The van der Waals surface area contributed by atoms with Crippen molar-refractivity contribution in [1.82, 2.24) is 14.4 Å². The number of amides is 1. The highest BCUT2D eigenvalue weighted by Gasteiger charge is 2.32. The van der Waals surface area contributed by atoms with E-state index in [9.17, 15) is 23.1 Å². The van der Waals surface area contributed by atoms with Gasteiger partial charge < -0.3 is 14.8 Å². The Morgan fingerprint density at radius 1 is 1.14 bits per heavy atom. The van der Waals surface area contributed by atoms with E-state index in [0.717, 1.165) is 17.8 Å². The van der Waals surface area contributed by atoms with E-state index in [4.69, 9.17) is 0 Å². The molecule has 3 heterocycles. The van der Waals surface area contributed by atoms with E-state index in [0.29, 0.717) is 24.2 Å². The molecule has 148 valence electrons. The molecule has 6 nitrogen and oxygen atoms in total. The molecule has 0 aliphatic rings. The summed E-state index contributed by atoms with van der Waals surface area (Å²) in [5.74, 6) is -0.743. The molecule has 1 amide bonds. The lowest BCUT2D eigenvalue weighted by Crippen LogP contribution is -2.19. The zero-order valence-corrected chi connectivity index (χ0v) is 15.3. The van der Waals surface area contributed by atoms with Crippen molar-refractivity contribution >= 4 is 17.2 Å². The molecule has 0 aromatic carbocycles. The molecule has 0 aliphatic carbocycles. The summed E-state index contributed by atoms with van der Waals surface area (Å²) in [6.07, 6.45) is -0.102. The molecular formula is C19H19F3N4O2. The maximum absolute atomic E-state index is 12.8. The number of imidazole rings is 1. The lowest BCUT2D eigenvalue weighted by atomic mass is 10.0. The number of aryl methyl sites for hydroxylation is 1. The fourth-order valence-corrected chi connectivity index (χ4v) is 2.59. The van der Waals surface area contributed by atoms with Crippen molar-refractivity contribution in [2.45, 2.75) is 38.5 Å². The van der Waals surface area contributed by atoms with Crippen LogP contribution < -0.4 is 5.32 Å². The molecule has 0 atom stereocenters. The summed E-state index contributed by atoms with van der Waals surface area (Å²) < 4.78 is 40.0. The van der Waals surface area contributed by atoms with Crippen molar-refractivity contribution in [2.24, 2.45) is 0 Å². The maximum atomic E-state index is 12.8. The Labute approximate surface area is 159 Å². The average molecular weight is 392 g/mol.